The number of hydrogen-bond acceptors (Lipinski definition) is 4. The monoisotopic (exact) mass is 241 g/mol. The van der Waals surface area contributed by atoms with Crippen LogP contribution in [0.15, 0.2) is 0 Å². The number of nitrogens with zero attached hydrogens (tertiary/aromatic N) is 1. The quantitative estimate of drug-likeness (QED) is 0.724. The number of carbonyl (C=O) groups is 2. The first-order valence-electron chi connectivity index (χ1n) is 6.10. The van der Waals surface area contributed by atoms with Crippen molar-refractivity contribution >= 4 is 11.9 Å². The SMILES string of the molecule is COC(=O)CCC(C(=O)O)N1CC2(CCC2)C1. The van der Waals surface area contributed by atoms with Gasteiger partial charge in [-0.2, -0.15) is 0 Å². The maximum absolute atomic E-state index is 11.2. The Kier molecular flexibility index (Phi) is 3.38. The highest BCUT2D eigenvalue weighted by atomic mass is 16.5. The fraction of sp³-hybridized carbons (Fsp3) is 0.833. The number of esters is 1. The van der Waals surface area contributed by atoms with Crippen LogP contribution in [0.4, 0.5) is 0 Å². The number of carbonyl (C=O) groups excluding carboxylic acids is 1. The second-order valence-corrected chi connectivity index (χ2v) is 5.23. The van der Waals surface area contributed by atoms with Crippen molar-refractivity contribution in [1.82, 2.24) is 4.90 Å². The molecule has 1 unspecified atom stereocenters. The summed E-state index contributed by atoms with van der Waals surface area (Å²) in [7, 11) is 1.32. The fourth-order valence-corrected chi connectivity index (χ4v) is 2.85. The molecule has 0 aromatic carbocycles. The summed E-state index contributed by atoms with van der Waals surface area (Å²) in [5.74, 6) is -1.17. The van der Waals surface area contributed by atoms with E-state index >= 15 is 0 Å². The second kappa shape index (κ2) is 4.64. The lowest BCUT2D eigenvalue weighted by Gasteiger charge is -2.57. The molecular weight excluding hydrogens is 222 g/mol. The van der Waals surface area contributed by atoms with Gasteiger partial charge in [0, 0.05) is 19.5 Å². The summed E-state index contributed by atoms with van der Waals surface area (Å²) in [5, 5.41) is 9.16. The van der Waals surface area contributed by atoms with Crippen molar-refractivity contribution in [3.05, 3.63) is 0 Å². The van der Waals surface area contributed by atoms with Crippen molar-refractivity contribution in [2.45, 2.75) is 38.1 Å². The normalized spacial score (nSPS) is 23.6. The molecule has 0 aromatic heterocycles. The van der Waals surface area contributed by atoms with Crippen LogP contribution in [0.2, 0.25) is 0 Å². The van der Waals surface area contributed by atoms with E-state index < -0.39 is 12.0 Å². The molecule has 1 heterocycles. The molecule has 96 valence electrons. The minimum atomic E-state index is -0.830. The third-order valence-corrected chi connectivity index (χ3v) is 4.07. The second-order valence-electron chi connectivity index (χ2n) is 5.23. The number of likely N-dealkylation sites (tertiary alicyclic amines) is 1. The molecule has 0 bridgehead atoms. The molecule has 1 aliphatic heterocycles. The van der Waals surface area contributed by atoms with Gasteiger partial charge in [0.25, 0.3) is 0 Å². The van der Waals surface area contributed by atoms with E-state index in [1.807, 2.05) is 4.90 Å². The molecule has 1 aliphatic carbocycles. The molecule has 1 atom stereocenters. The zero-order valence-corrected chi connectivity index (χ0v) is 10.1. The van der Waals surface area contributed by atoms with Crippen LogP contribution in [-0.2, 0) is 14.3 Å². The van der Waals surface area contributed by atoms with Crippen LogP contribution in [0, 0.1) is 5.41 Å². The average molecular weight is 241 g/mol. The van der Waals surface area contributed by atoms with E-state index in [1.165, 1.54) is 26.4 Å². The van der Waals surface area contributed by atoms with Gasteiger partial charge in [0.2, 0.25) is 0 Å². The van der Waals surface area contributed by atoms with E-state index in [1.54, 1.807) is 0 Å². The van der Waals surface area contributed by atoms with Gasteiger partial charge >= 0.3 is 11.9 Å². The minimum absolute atomic E-state index is 0.178. The fourth-order valence-electron chi connectivity index (χ4n) is 2.85. The zero-order chi connectivity index (χ0) is 12.5. The molecule has 5 nitrogen and oxygen atoms in total. The Labute approximate surface area is 101 Å². The number of methoxy groups -OCH3 is 1. The molecule has 2 rings (SSSR count). The van der Waals surface area contributed by atoms with E-state index in [2.05, 4.69) is 4.74 Å². The lowest BCUT2D eigenvalue weighted by atomic mass is 9.63. The van der Waals surface area contributed by atoms with Gasteiger partial charge in [-0.15, -0.1) is 0 Å². The predicted molar refractivity (Wildman–Crippen MR) is 60.5 cm³/mol. The molecular formula is C12H19NO4. The van der Waals surface area contributed by atoms with Crippen LogP contribution in [0.5, 0.6) is 0 Å². The molecule has 0 radical (unpaired) electrons. The van der Waals surface area contributed by atoms with Gasteiger partial charge < -0.3 is 9.84 Å². The van der Waals surface area contributed by atoms with Crippen molar-refractivity contribution in [3.8, 4) is 0 Å². The van der Waals surface area contributed by atoms with Crippen molar-refractivity contribution in [1.29, 1.82) is 0 Å². The van der Waals surface area contributed by atoms with Gasteiger partial charge in [-0.25, -0.2) is 0 Å². The first-order chi connectivity index (χ1) is 8.06. The molecule has 1 spiro atoms. The first-order valence-corrected chi connectivity index (χ1v) is 6.10. The van der Waals surface area contributed by atoms with Crippen LogP contribution < -0.4 is 0 Å². The third-order valence-electron chi connectivity index (χ3n) is 4.07. The Morgan fingerprint density at radius 1 is 1.41 bits per heavy atom. The van der Waals surface area contributed by atoms with Crippen LogP contribution in [0.3, 0.4) is 0 Å². The minimum Gasteiger partial charge on any atom is -0.480 e. The summed E-state index contributed by atoms with van der Waals surface area (Å²) in [4.78, 5) is 24.2. The van der Waals surface area contributed by atoms with Crippen molar-refractivity contribution < 1.29 is 19.4 Å². The van der Waals surface area contributed by atoms with E-state index in [0.29, 0.717) is 11.8 Å². The highest BCUT2D eigenvalue weighted by Crippen LogP contribution is 2.49. The van der Waals surface area contributed by atoms with E-state index in [4.69, 9.17) is 5.11 Å². The van der Waals surface area contributed by atoms with Gasteiger partial charge in [0.1, 0.15) is 6.04 Å². The van der Waals surface area contributed by atoms with E-state index in [0.717, 1.165) is 13.1 Å². The summed E-state index contributed by atoms with van der Waals surface area (Å²) in [6, 6.07) is -0.527. The highest BCUT2D eigenvalue weighted by molar-refractivity contribution is 5.75. The van der Waals surface area contributed by atoms with Gasteiger partial charge in [-0.05, 0) is 24.7 Å². The Balaban J connectivity index is 1.81. The largest absolute Gasteiger partial charge is 0.480 e. The Morgan fingerprint density at radius 3 is 2.47 bits per heavy atom. The lowest BCUT2D eigenvalue weighted by molar-refractivity contribution is -0.155. The summed E-state index contributed by atoms with van der Waals surface area (Å²) in [5.41, 5.74) is 0.416. The van der Waals surface area contributed by atoms with Crippen LogP contribution in [0.1, 0.15) is 32.1 Å². The molecule has 0 amide bonds. The molecule has 2 fully saturated rings. The Morgan fingerprint density at radius 2 is 2.06 bits per heavy atom. The maximum atomic E-state index is 11.2. The Hall–Kier alpha value is -1.10. The maximum Gasteiger partial charge on any atom is 0.320 e. The number of carboxylic acid groups (broad SMARTS) is 1. The van der Waals surface area contributed by atoms with Gasteiger partial charge in [0.05, 0.1) is 7.11 Å². The number of aliphatic carboxylic acids is 1. The van der Waals surface area contributed by atoms with Crippen LogP contribution >= 0.6 is 0 Å². The third kappa shape index (κ3) is 2.44. The highest BCUT2D eigenvalue weighted by Gasteiger charge is 2.50. The molecule has 2 aliphatic rings. The summed E-state index contributed by atoms with van der Waals surface area (Å²) in [6.07, 6.45) is 4.25. The van der Waals surface area contributed by atoms with Crippen LogP contribution in [-0.4, -0.2) is 48.2 Å². The number of carboxylic acids is 1. The van der Waals surface area contributed by atoms with Crippen molar-refractivity contribution in [2.75, 3.05) is 20.2 Å². The summed E-state index contributed by atoms with van der Waals surface area (Å²) < 4.78 is 4.53. The molecule has 1 saturated heterocycles. The lowest BCUT2D eigenvalue weighted by Crippen LogP contribution is -2.64. The van der Waals surface area contributed by atoms with E-state index in [-0.39, 0.29) is 12.4 Å². The zero-order valence-electron chi connectivity index (χ0n) is 10.1. The molecule has 1 saturated carbocycles. The van der Waals surface area contributed by atoms with Gasteiger partial charge in [-0.3, -0.25) is 14.5 Å². The smallest absolute Gasteiger partial charge is 0.320 e. The molecule has 17 heavy (non-hydrogen) atoms. The topological polar surface area (TPSA) is 66.8 Å². The van der Waals surface area contributed by atoms with Crippen molar-refractivity contribution in [2.24, 2.45) is 5.41 Å². The van der Waals surface area contributed by atoms with Gasteiger partial charge in [0.15, 0.2) is 0 Å². The molecule has 1 N–H and O–H groups in total. The van der Waals surface area contributed by atoms with E-state index in [9.17, 15) is 9.59 Å². The summed E-state index contributed by atoms with van der Waals surface area (Å²) >= 11 is 0. The number of hydrogen-bond donors (Lipinski definition) is 1. The molecule has 5 heteroatoms. The number of rotatable bonds is 5. The average Bonchev–Trinajstić information content (AvgIpc) is 2.17. The summed E-state index contributed by atoms with van der Waals surface area (Å²) in [6.45, 7) is 1.76. The van der Waals surface area contributed by atoms with Gasteiger partial charge in [-0.1, -0.05) is 6.42 Å². The molecule has 0 aromatic rings. The van der Waals surface area contributed by atoms with Crippen molar-refractivity contribution in [3.63, 3.8) is 0 Å². The predicted octanol–water partition coefficient (Wildman–Crippen LogP) is 0.879. The van der Waals surface area contributed by atoms with Crippen LogP contribution in [0.25, 0.3) is 0 Å². The Bertz CT molecular complexity index is 316. The number of ether oxygens (including phenoxy) is 1. The first kappa shape index (κ1) is 12.4. The standard InChI is InChI=1S/C12H19NO4/c1-17-10(14)4-3-9(11(15)16)13-7-12(8-13)5-2-6-12/h9H,2-8H2,1H3,(H,15,16).